The fourth-order valence-corrected chi connectivity index (χ4v) is 3.70. The lowest BCUT2D eigenvalue weighted by Crippen LogP contribution is -2.42. The maximum atomic E-state index is 12.2. The van der Waals surface area contributed by atoms with Crippen molar-refractivity contribution in [1.29, 1.82) is 0 Å². The number of aryl methyl sites for hydroxylation is 1. The summed E-state index contributed by atoms with van der Waals surface area (Å²) in [5.41, 5.74) is 4.86. The van der Waals surface area contributed by atoms with E-state index < -0.39 is 5.60 Å². The lowest BCUT2D eigenvalue weighted by molar-refractivity contribution is 0.0184. The average Bonchev–Trinajstić information content (AvgIpc) is 2.63. The number of rotatable bonds is 3. The zero-order chi connectivity index (χ0) is 19.4. The molecule has 1 saturated heterocycles. The lowest BCUT2D eigenvalue weighted by atomic mass is 9.88. The van der Waals surface area contributed by atoms with E-state index in [0.29, 0.717) is 5.92 Å². The molecule has 0 bridgehead atoms. The fourth-order valence-electron chi connectivity index (χ4n) is 3.70. The van der Waals surface area contributed by atoms with Crippen LogP contribution in [0.1, 0.15) is 44.7 Å². The molecule has 0 aromatic heterocycles. The van der Waals surface area contributed by atoms with Gasteiger partial charge in [-0.3, -0.25) is 0 Å². The Labute approximate surface area is 163 Å². The van der Waals surface area contributed by atoms with Crippen LogP contribution in [0.2, 0.25) is 0 Å². The van der Waals surface area contributed by atoms with Crippen molar-refractivity contribution in [1.82, 2.24) is 4.90 Å². The normalized spacial score (nSPS) is 15.6. The van der Waals surface area contributed by atoms with Crippen molar-refractivity contribution in [3.05, 3.63) is 59.7 Å². The summed E-state index contributed by atoms with van der Waals surface area (Å²) in [6, 6.07) is 17.4. The Kier molecular flexibility index (Phi) is 5.88. The highest BCUT2D eigenvalue weighted by Crippen LogP contribution is 2.28. The Balaban J connectivity index is 1.60. The summed E-state index contributed by atoms with van der Waals surface area (Å²) < 4.78 is 5.50. The number of ether oxygens (including phenoxy) is 1. The number of carbonyl (C=O) groups is 1. The van der Waals surface area contributed by atoms with E-state index in [4.69, 9.17) is 4.74 Å². The second-order valence-electron chi connectivity index (χ2n) is 8.63. The summed E-state index contributed by atoms with van der Waals surface area (Å²) in [7, 11) is 0. The number of hydrogen-bond donors (Lipinski definition) is 0. The monoisotopic (exact) mass is 365 g/mol. The van der Waals surface area contributed by atoms with E-state index in [9.17, 15) is 4.79 Å². The molecule has 3 rings (SSSR count). The molecule has 1 fully saturated rings. The fraction of sp³-hybridized carbons (Fsp3) is 0.458. The van der Waals surface area contributed by atoms with Gasteiger partial charge in [-0.25, -0.2) is 4.79 Å². The molecular weight excluding hydrogens is 334 g/mol. The van der Waals surface area contributed by atoms with Crippen molar-refractivity contribution in [2.24, 2.45) is 5.92 Å². The van der Waals surface area contributed by atoms with Crippen LogP contribution in [0.15, 0.2) is 48.5 Å². The summed E-state index contributed by atoms with van der Waals surface area (Å²) >= 11 is 0. The minimum Gasteiger partial charge on any atom is -0.444 e. The van der Waals surface area contributed by atoms with Crippen LogP contribution < -0.4 is 0 Å². The summed E-state index contributed by atoms with van der Waals surface area (Å²) in [6.45, 7) is 9.50. The van der Waals surface area contributed by atoms with Crippen LogP contribution in [0.3, 0.4) is 0 Å². The number of benzene rings is 2. The van der Waals surface area contributed by atoms with Gasteiger partial charge < -0.3 is 9.64 Å². The molecule has 1 heterocycles. The Morgan fingerprint density at radius 3 is 2.37 bits per heavy atom. The largest absolute Gasteiger partial charge is 0.444 e. The Morgan fingerprint density at radius 1 is 1.07 bits per heavy atom. The first kappa shape index (κ1) is 19.5. The summed E-state index contributed by atoms with van der Waals surface area (Å²) in [5, 5.41) is 0. The maximum Gasteiger partial charge on any atom is 0.410 e. The van der Waals surface area contributed by atoms with Gasteiger partial charge in [0, 0.05) is 13.1 Å². The third kappa shape index (κ3) is 5.35. The highest BCUT2D eigenvalue weighted by atomic mass is 16.6. The molecule has 0 saturated carbocycles. The minimum absolute atomic E-state index is 0.178. The summed E-state index contributed by atoms with van der Waals surface area (Å²) in [4.78, 5) is 14.1. The number of likely N-dealkylation sites (tertiary alicyclic amines) is 1. The molecule has 0 radical (unpaired) electrons. The standard InChI is InChI=1S/C24H31NO2/c1-18-10-11-20(17-22(18)21-8-6-5-7-9-21)16-19-12-14-25(15-13-19)23(26)27-24(2,3)4/h5-11,17,19H,12-16H2,1-4H3. The van der Waals surface area contributed by atoms with E-state index in [1.807, 2.05) is 25.7 Å². The topological polar surface area (TPSA) is 29.5 Å². The Bertz CT molecular complexity index is 769. The molecular formula is C24H31NO2. The minimum atomic E-state index is -0.427. The van der Waals surface area contributed by atoms with Gasteiger partial charge in [0.05, 0.1) is 0 Å². The second-order valence-corrected chi connectivity index (χ2v) is 8.63. The van der Waals surface area contributed by atoms with Gasteiger partial charge in [-0.1, -0.05) is 48.5 Å². The van der Waals surface area contributed by atoms with Crippen LogP contribution in [0.5, 0.6) is 0 Å². The first-order valence-electron chi connectivity index (χ1n) is 9.95. The van der Waals surface area contributed by atoms with Gasteiger partial charge in [-0.15, -0.1) is 0 Å². The molecule has 0 unspecified atom stereocenters. The van der Waals surface area contributed by atoms with E-state index in [2.05, 4.69) is 55.5 Å². The number of nitrogens with zero attached hydrogens (tertiary/aromatic N) is 1. The molecule has 0 N–H and O–H groups in total. The van der Waals surface area contributed by atoms with Crippen molar-refractivity contribution >= 4 is 6.09 Å². The first-order valence-corrected chi connectivity index (χ1v) is 9.95. The van der Waals surface area contributed by atoms with Gasteiger partial charge in [0.15, 0.2) is 0 Å². The lowest BCUT2D eigenvalue weighted by Gasteiger charge is -2.33. The van der Waals surface area contributed by atoms with E-state index in [-0.39, 0.29) is 6.09 Å². The SMILES string of the molecule is Cc1ccc(CC2CCN(C(=O)OC(C)(C)C)CC2)cc1-c1ccccc1. The van der Waals surface area contributed by atoms with Gasteiger partial charge in [0.2, 0.25) is 0 Å². The molecule has 1 amide bonds. The van der Waals surface area contributed by atoms with Gasteiger partial charge >= 0.3 is 6.09 Å². The average molecular weight is 366 g/mol. The molecule has 2 aromatic carbocycles. The van der Waals surface area contributed by atoms with E-state index in [0.717, 1.165) is 32.4 Å². The quantitative estimate of drug-likeness (QED) is 0.682. The predicted octanol–water partition coefficient (Wildman–Crippen LogP) is 5.85. The number of carbonyl (C=O) groups excluding carboxylic acids is 1. The number of piperidine rings is 1. The zero-order valence-corrected chi connectivity index (χ0v) is 17.0. The van der Waals surface area contributed by atoms with Crippen LogP contribution in [-0.2, 0) is 11.2 Å². The van der Waals surface area contributed by atoms with Gasteiger partial charge in [0.1, 0.15) is 5.60 Å². The first-order chi connectivity index (χ1) is 12.8. The van der Waals surface area contributed by atoms with Gasteiger partial charge in [-0.05, 0) is 75.1 Å². The molecule has 0 aliphatic carbocycles. The molecule has 144 valence electrons. The van der Waals surface area contributed by atoms with E-state index in [1.165, 1.54) is 22.3 Å². The van der Waals surface area contributed by atoms with Crippen molar-refractivity contribution in [2.75, 3.05) is 13.1 Å². The molecule has 1 aliphatic heterocycles. The molecule has 3 nitrogen and oxygen atoms in total. The second kappa shape index (κ2) is 8.16. The highest BCUT2D eigenvalue weighted by Gasteiger charge is 2.26. The molecule has 27 heavy (non-hydrogen) atoms. The van der Waals surface area contributed by atoms with Gasteiger partial charge in [-0.2, -0.15) is 0 Å². The molecule has 0 spiro atoms. The van der Waals surface area contributed by atoms with Crippen LogP contribution in [0.4, 0.5) is 4.79 Å². The van der Waals surface area contributed by atoms with Crippen molar-refractivity contribution < 1.29 is 9.53 Å². The molecule has 1 aliphatic rings. The Morgan fingerprint density at radius 2 is 1.74 bits per heavy atom. The maximum absolute atomic E-state index is 12.2. The zero-order valence-electron chi connectivity index (χ0n) is 17.0. The number of amides is 1. The summed E-state index contributed by atoms with van der Waals surface area (Å²) in [6.07, 6.45) is 2.96. The van der Waals surface area contributed by atoms with Crippen molar-refractivity contribution in [2.45, 2.75) is 52.6 Å². The van der Waals surface area contributed by atoms with Crippen molar-refractivity contribution in [3.8, 4) is 11.1 Å². The molecule has 3 heteroatoms. The predicted molar refractivity (Wildman–Crippen MR) is 111 cm³/mol. The smallest absolute Gasteiger partial charge is 0.410 e. The van der Waals surface area contributed by atoms with Crippen LogP contribution >= 0.6 is 0 Å². The van der Waals surface area contributed by atoms with Crippen LogP contribution in [0, 0.1) is 12.8 Å². The Hall–Kier alpha value is -2.29. The van der Waals surface area contributed by atoms with Crippen LogP contribution in [-0.4, -0.2) is 29.7 Å². The third-order valence-corrected chi connectivity index (χ3v) is 5.18. The summed E-state index contributed by atoms with van der Waals surface area (Å²) in [5.74, 6) is 0.620. The van der Waals surface area contributed by atoms with E-state index in [1.54, 1.807) is 0 Å². The van der Waals surface area contributed by atoms with Gasteiger partial charge in [0.25, 0.3) is 0 Å². The van der Waals surface area contributed by atoms with E-state index >= 15 is 0 Å². The van der Waals surface area contributed by atoms with Crippen LogP contribution in [0.25, 0.3) is 11.1 Å². The molecule has 2 aromatic rings. The highest BCUT2D eigenvalue weighted by molar-refractivity contribution is 5.68. The number of hydrogen-bond acceptors (Lipinski definition) is 2. The van der Waals surface area contributed by atoms with Crippen molar-refractivity contribution in [3.63, 3.8) is 0 Å². The third-order valence-electron chi connectivity index (χ3n) is 5.18. The molecule has 0 atom stereocenters.